The summed E-state index contributed by atoms with van der Waals surface area (Å²) in [7, 11) is -3.72. The van der Waals surface area contributed by atoms with Crippen LogP contribution in [0.25, 0.3) is 0 Å². The van der Waals surface area contributed by atoms with Gasteiger partial charge < -0.3 is 11.5 Å². The summed E-state index contributed by atoms with van der Waals surface area (Å²) in [6, 6.07) is 2.95. The van der Waals surface area contributed by atoms with Gasteiger partial charge in [0.15, 0.2) is 0 Å². The molecule has 0 aliphatic rings. The van der Waals surface area contributed by atoms with E-state index in [1.165, 1.54) is 12.1 Å². The number of likely N-dealkylation sites (N-methyl/N-ethyl adjacent to an activating group) is 1. The van der Waals surface area contributed by atoms with E-state index in [1.807, 2.05) is 0 Å². The second-order valence-electron chi connectivity index (χ2n) is 3.38. The summed E-state index contributed by atoms with van der Waals surface area (Å²) in [5, 5.41) is 0. The number of nitrogens with two attached hydrogens (primary N) is 2. The maximum absolute atomic E-state index is 12.2. The maximum Gasteiger partial charge on any atom is 0.253 e. The lowest BCUT2D eigenvalue weighted by Gasteiger charge is -2.17. The van der Waals surface area contributed by atoms with E-state index in [4.69, 9.17) is 23.7 Å². The first-order valence-electron chi connectivity index (χ1n) is 4.97. The largest absolute Gasteiger partial charge is 0.389 e. The smallest absolute Gasteiger partial charge is 0.253 e. The summed E-state index contributed by atoms with van der Waals surface area (Å²) >= 11 is 5.74. The van der Waals surface area contributed by atoms with Crippen LogP contribution in [0.2, 0.25) is 0 Å². The summed E-state index contributed by atoms with van der Waals surface area (Å²) in [5.41, 5.74) is 10.4. The van der Waals surface area contributed by atoms with E-state index in [0.717, 1.165) is 15.6 Å². The van der Waals surface area contributed by atoms with E-state index < -0.39 is 15.9 Å². The van der Waals surface area contributed by atoms with Crippen LogP contribution in [0.15, 0.2) is 16.3 Å². The monoisotopic (exact) mass is 307 g/mol. The molecule has 1 rings (SSSR count). The molecule has 18 heavy (non-hydrogen) atoms. The molecule has 6 nitrogen and oxygen atoms in total. The molecule has 0 spiro atoms. The van der Waals surface area contributed by atoms with Gasteiger partial charge in [-0.1, -0.05) is 19.1 Å². The summed E-state index contributed by atoms with van der Waals surface area (Å²) in [5.74, 6) is -0.702. The predicted octanol–water partition coefficient (Wildman–Crippen LogP) is -0.122. The van der Waals surface area contributed by atoms with Crippen LogP contribution in [-0.4, -0.2) is 36.7 Å². The van der Waals surface area contributed by atoms with E-state index in [1.54, 1.807) is 6.92 Å². The minimum atomic E-state index is -3.72. The van der Waals surface area contributed by atoms with Gasteiger partial charge in [0, 0.05) is 6.54 Å². The summed E-state index contributed by atoms with van der Waals surface area (Å²) < 4.78 is 25.5. The Balaban J connectivity index is 3.10. The van der Waals surface area contributed by atoms with Gasteiger partial charge in [0.25, 0.3) is 10.0 Å². The molecule has 0 aromatic carbocycles. The van der Waals surface area contributed by atoms with Gasteiger partial charge in [0.05, 0.1) is 11.4 Å². The Morgan fingerprint density at radius 1 is 1.44 bits per heavy atom. The number of thiophene rings is 1. The van der Waals surface area contributed by atoms with Crippen molar-refractivity contribution in [1.82, 2.24) is 4.31 Å². The Morgan fingerprint density at radius 3 is 2.44 bits per heavy atom. The minimum absolute atomic E-state index is 0.0911. The number of nitrogens with zero attached hydrogens (tertiary/aromatic N) is 1. The van der Waals surface area contributed by atoms with Crippen LogP contribution < -0.4 is 11.5 Å². The molecule has 1 aromatic heterocycles. The van der Waals surface area contributed by atoms with Crippen LogP contribution in [-0.2, 0) is 14.8 Å². The number of carbonyl (C=O) groups is 1. The second-order valence-corrected chi connectivity index (χ2v) is 7.07. The van der Waals surface area contributed by atoms with Gasteiger partial charge in [-0.2, -0.15) is 4.31 Å². The van der Waals surface area contributed by atoms with Crippen molar-refractivity contribution in [2.45, 2.75) is 11.1 Å². The van der Waals surface area contributed by atoms with E-state index >= 15 is 0 Å². The third kappa shape index (κ3) is 3.25. The molecule has 0 saturated heterocycles. The lowest BCUT2D eigenvalue weighted by Crippen LogP contribution is -2.37. The molecule has 0 bridgehead atoms. The lowest BCUT2D eigenvalue weighted by atomic mass is 10.5. The number of rotatable bonds is 6. The molecule has 1 heterocycles. The fraction of sp³-hybridized carbons (Fsp3) is 0.333. The SMILES string of the molecule is CCN(CC(N)=O)S(=O)(=O)c1ccc(C(N)=S)s1. The molecule has 0 fully saturated rings. The van der Waals surface area contributed by atoms with E-state index in [-0.39, 0.29) is 22.3 Å². The number of primary amides is 1. The fourth-order valence-electron chi connectivity index (χ4n) is 1.26. The van der Waals surface area contributed by atoms with E-state index in [2.05, 4.69) is 0 Å². The predicted molar refractivity (Wildman–Crippen MR) is 73.8 cm³/mol. The topological polar surface area (TPSA) is 106 Å². The highest BCUT2D eigenvalue weighted by Crippen LogP contribution is 2.24. The van der Waals surface area contributed by atoms with Gasteiger partial charge in [-0.25, -0.2) is 8.42 Å². The van der Waals surface area contributed by atoms with Gasteiger partial charge >= 0.3 is 0 Å². The Bertz CT molecular complexity index is 565. The van der Waals surface area contributed by atoms with Crippen LogP contribution in [0.4, 0.5) is 0 Å². The molecule has 0 saturated carbocycles. The van der Waals surface area contributed by atoms with Gasteiger partial charge in [-0.15, -0.1) is 11.3 Å². The lowest BCUT2D eigenvalue weighted by molar-refractivity contribution is -0.118. The van der Waals surface area contributed by atoms with Crippen LogP contribution >= 0.6 is 23.6 Å². The molecule has 1 aromatic rings. The van der Waals surface area contributed by atoms with Gasteiger partial charge in [-0.05, 0) is 12.1 Å². The van der Waals surface area contributed by atoms with E-state index in [9.17, 15) is 13.2 Å². The number of thiocarbonyl (C=S) groups is 1. The molecule has 0 unspecified atom stereocenters. The van der Waals surface area contributed by atoms with Gasteiger partial charge in [0.1, 0.15) is 9.20 Å². The summed E-state index contributed by atoms with van der Waals surface area (Å²) in [4.78, 5) is 11.5. The standard InChI is InChI=1S/C9H13N3O3S3/c1-2-12(5-7(10)13)18(14,15)8-4-3-6(17-8)9(11)16/h3-4H,2,5H2,1H3,(H2,10,13)(H2,11,16). The highest BCUT2D eigenvalue weighted by molar-refractivity contribution is 7.91. The number of carbonyl (C=O) groups excluding carboxylic acids is 1. The van der Waals surface area contributed by atoms with Crippen LogP contribution in [0.1, 0.15) is 11.8 Å². The van der Waals surface area contributed by atoms with Crippen molar-refractivity contribution in [2.24, 2.45) is 11.5 Å². The molecule has 4 N–H and O–H groups in total. The van der Waals surface area contributed by atoms with Crippen LogP contribution in [0.5, 0.6) is 0 Å². The highest BCUT2D eigenvalue weighted by atomic mass is 32.2. The minimum Gasteiger partial charge on any atom is -0.389 e. The molecule has 0 aliphatic carbocycles. The zero-order valence-electron chi connectivity index (χ0n) is 9.62. The Morgan fingerprint density at radius 2 is 2.06 bits per heavy atom. The molecule has 0 aliphatic heterocycles. The number of sulfonamides is 1. The first-order valence-corrected chi connectivity index (χ1v) is 7.63. The third-order valence-electron chi connectivity index (χ3n) is 2.10. The van der Waals surface area contributed by atoms with Crippen molar-refractivity contribution in [3.8, 4) is 0 Å². The van der Waals surface area contributed by atoms with Crippen LogP contribution in [0.3, 0.4) is 0 Å². The molecule has 0 radical (unpaired) electrons. The van der Waals surface area contributed by atoms with Crippen molar-refractivity contribution < 1.29 is 13.2 Å². The molecule has 9 heteroatoms. The van der Waals surface area contributed by atoms with Crippen molar-refractivity contribution in [3.63, 3.8) is 0 Å². The Labute approximate surface area is 115 Å². The van der Waals surface area contributed by atoms with E-state index in [0.29, 0.717) is 4.88 Å². The first-order chi connectivity index (χ1) is 8.28. The maximum atomic E-state index is 12.2. The molecule has 100 valence electrons. The highest BCUT2D eigenvalue weighted by Gasteiger charge is 2.26. The number of amides is 1. The van der Waals surface area contributed by atoms with Crippen molar-refractivity contribution in [1.29, 1.82) is 0 Å². The Hall–Kier alpha value is -1.03. The molecule has 1 amide bonds. The third-order valence-corrected chi connectivity index (χ3v) is 5.96. The van der Waals surface area contributed by atoms with Crippen molar-refractivity contribution in [3.05, 3.63) is 17.0 Å². The quantitative estimate of drug-likeness (QED) is 0.713. The van der Waals surface area contributed by atoms with Crippen molar-refractivity contribution >= 4 is 44.5 Å². The fourth-order valence-corrected chi connectivity index (χ4v) is 4.18. The molecular formula is C9H13N3O3S3. The molecular weight excluding hydrogens is 294 g/mol. The van der Waals surface area contributed by atoms with Gasteiger partial charge in [-0.3, -0.25) is 4.79 Å². The second kappa shape index (κ2) is 5.74. The summed E-state index contributed by atoms with van der Waals surface area (Å²) in [6.45, 7) is 1.44. The zero-order chi connectivity index (χ0) is 13.9. The Kier molecular flexibility index (Phi) is 4.79. The molecule has 0 atom stereocenters. The van der Waals surface area contributed by atoms with Crippen LogP contribution in [0, 0.1) is 0 Å². The van der Waals surface area contributed by atoms with Gasteiger partial charge in [0.2, 0.25) is 5.91 Å². The summed E-state index contributed by atoms with van der Waals surface area (Å²) in [6.07, 6.45) is 0. The number of hydrogen-bond donors (Lipinski definition) is 2. The zero-order valence-corrected chi connectivity index (χ0v) is 12.1. The first kappa shape index (κ1) is 15.0. The average Bonchev–Trinajstić information content (AvgIpc) is 2.75. The average molecular weight is 307 g/mol. The number of hydrogen-bond acceptors (Lipinski definition) is 5. The van der Waals surface area contributed by atoms with Crippen molar-refractivity contribution in [2.75, 3.05) is 13.1 Å². The normalized spacial score (nSPS) is 11.7.